The van der Waals surface area contributed by atoms with Crippen LogP contribution in [0.1, 0.15) is 24.0 Å². The molecule has 0 bridgehead atoms. The molecular formula is C22H17BrClN3O. The van der Waals surface area contributed by atoms with Gasteiger partial charge in [-0.15, -0.1) is 0 Å². The van der Waals surface area contributed by atoms with Crippen molar-refractivity contribution in [1.82, 2.24) is 9.88 Å². The van der Waals surface area contributed by atoms with Gasteiger partial charge in [0.25, 0.3) is 5.91 Å². The number of benzene rings is 2. The summed E-state index contributed by atoms with van der Waals surface area (Å²) < 4.78 is 3.02. The Balaban J connectivity index is 1.76. The number of carbonyl (C=O) groups is 1. The fourth-order valence-corrected chi connectivity index (χ4v) is 3.70. The molecule has 1 amide bonds. The smallest absolute Gasteiger partial charge is 0.262 e. The SMILES string of the molecule is N#C/C(=C\c1cn(Cc2ccccc2Cl)c2ccc(Br)cc12)C(=O)NC1CC1. The minimum Gasteiger partial charge on any atom is -0.349 e. The first-order valence-corrected chi connectivity index (χ1v) is 10.2. The molecule has 0 unspecified atom stereocenters. The van der Waals surface area contributed by atoms with Crippen LogP contribution in [0.4, 0.5) is 0 Å². The lowest BCUT2D eigenvalue weighted by Gasteiger charge is -2.07. The van der Waals surface area contributed by atoms with Gasteiger partial charge < -0.3 is 9.88 Å². The van der Waals surface area contributed by atoms with Crippen LogP contribution in [-0.2, 0) is 11.3 Å². The molecule has 0 aliphatic heterocycles. The van der Waals surface area contributed by atoms with E-state index in [4.69, 9.17) is 11.6 Å². The van der Waals surface area contributed by atoms with E-state index < -0.39 is 0 Å². The van der Waals surface area contributed by atoms with Crippen LogP contribution in [0.3, 0.4) is 0 Å². The molecule has 0 radical (unpaired) electrons. The molecule has 1 aromatic heterocycles. The van der Waals surface area contributed by atoms with Crippen LogP contribution in [0.5, 0.6) is 0 Å². The van der Waals surface area contributed by atoms with Crippen molar-refractivity contribution in [2.45, 2.75) is 25.4 Å². The molecule has 140 valence electrons. The number of aromatic nitrogens is 1. The molecule has 3 aromatic rings. The van der Waals surface area contributed by atoms with E-state index in [1.165, 1.54) is 0 Å². The van der Waals surface area contributed by atoms with Gasteiger partial charge in [0.15, 0.2) is 0 Å². The normalized spacial score (nSPS) is 14.1. The second kappa shape index (κ2) is 7.83. The molecule has 4 rings (SSSR count). The molecule has 2 aromatic carbocycles. The fourth-order valence-electron chi connectivity index (χ4n) is 3.15. The van der Waals surface area contributed by atoms with Crippen LogP contribution >= 0.6 is 27.5 Å². The Morgan fingerprint density at radius 1 is 1.32 bits per heavy atom. The number of rotatable bonds is 5. The molecule has 1 aliphatic carbocycles. The molecule has 1 fully saturated rings. The molecule has 1 heterocycles. The lowest BCUT2D eigenvalue weighted by Crippen LogP contribution is -2.26. The molecule has 4 nitrogen and oxygen atoms in total. The summed E-state index contributed by atoms with van der Waals surface area (Å²) in [4.78, 5) is 12.3. The summed E-state index contributed by atoms with van der Waals surface area (Å²) in [6, 6.07) is 16.0. The summed E-state index contributed by atoms with van der Waals surface area (Å²) in [6.45, 7) is 0.599. The number of hydrogen-bond donors (Lipinski definition) is 1. The molecule has 1 aliphatic rings. The van der Waals surface area contributed by atoms with Gasteiger partial charge in [0.1, 0.15) is 11.6 Å². The predicted octanol–water partition coefficient (Wildman–Crippen LogP) is 5.29. The summed E-state index contributed by atoms with van der Waals surface area (Å²) >= 11 is 9.84. The number of nitrogens with zero attached hydrogens (tertiary/aromatic N) is 2. The Morgan fingerprint density at radius 3 is 2.82 bits per heavy atom. The van der Waals surface area contributed by atoms with Gasteiger partial charge in [-0.3, -0.25) is 4.79 Å². The maximum Gasteiger partial charge on any atom is 0.262 e. The Hall–Kier alpha value is -2.55. The van der Waals surface area contributed by atoms with Crippen LogP contribution in [0.2, 0.25) is 5.02 Å². The van der Waals surface area contributed by atoms with E-state index in [-0.39, 0.29) is 17.5 Å². The second-order valence-electron chi connectivity index (χ2n) is 6.88. The lowest BCUT2D eigenvalue weighted by molar-refractivity contribution is -0.117. The summed E-state index contributed by atoms with van der Waals surface area (Å²) in [5.74, 6) is -0.313. The van der Waals surface area contributed by atoms with Gasteiger partial charge in [-0.25, -0.2) is 0 Å². The Labute approximate surface area is 176 Å². The zero-order valence-electron chi connectivity index (χ0n) is 15.0. The van der Waals surface area contributed by atoms with Gasteiger partial charge in [-0.1, -0.05) is 45.7 Å². The van der Waals surface area contributed by atoms with Crippen LogP contribution in [-0.4, -0.2) is 16.5 Å². The van der Waals surface area contributed by atoms with Gasteiger partial charge >= 0.3 is 0 Å². The number of halogens is 2. The van der Waals surface area contributed by atoms with Crippen LogP contribution in [0, 0.1) is 11.3 Å². The van der Waals surface area contributed by atoms with Crippen LogP contribution < -0.4 is 5.32 Å². The molecule has 0 atom stereocenters. The molecule has 0 spiro atoms. The monoisotopic (exact) mass is 453 g/mol. The highest BCUT2D eigenvalue weighted by Gasteiger charge is 2.25. The maximum absolute atomic E-state index is 12.3. The topological polar surface area (TPSA) is 57.8 Å². The molecule has 6 heteroatoms. The summed E-state index contributed by atoms with van der Waals surface area (Å²) in [6.07, 6.45) is 5.58. The molecule has 1 N–H and O–H groups in total. The molecule has 1 saturated carbocycles. The highest BCUT2D eigenvalue weighted by atomic mass is 79.9. The lowest BCUT2D eigenvalue weighted by atomic mass is 10.1. The average molecular weight is 455 g/mol. The first kappa shape index (κ1) is 18.8. The Kier molecular flexibility index (Phi) is 5.25. The Bertz CT molecular complexity index is 1140. The average Bonchev–Trinajstić information content (AvgIpc) is 3.43. The standard InChI is InChI=1S/C22H17BrClN3O/c23-17-5-8-21-19(10-17)16(9-15(11-25)22(28)26-18-6-7-18)13-27(21)12-14-3-1-2-4-20(14)24/h1-5,8-10,13,18H,6-7,12H2,(H,26,28)/b15-9+. The highest BCUT2D eigenvalue weighted by Crippen LogP contribution is 2.29. The van der Waals surface area contributed by atoms with Gasteiger partial charge in [-0.2, -0.15) is 5.26 Å². The zero-order chi connectivity index (χ0) is 19.7. The highest BCUT2D eigenvalue weighted by molar-refractivity contribution is 9.10. The number of amides is 1. The van der Waals surface area contributed by atoms with Crippen molar-refractivity contribution < 1.29 is 4.79 Å². The first-order chi connectivity index (χ1) is 13.5. The third kappa shape index (κ3) is 3.99. The van der Waals surface area contributed by atoms with Gasteiger partial charge in [0, 0.05) is 44.7 Å². The molecule has 28 heavy (non-hydrogen) atoms. The van der Waals surface area contributed by atoms with Crippen molar-refractivity contribution >= 4 is 50.4 Å². The van der Waals surface area contributed by atoms with E-state index in [2.05, 4.69) is 25.8 Å². The van der Waals surface area contributed by atoms with Crippen molar-refractivity contribution in [3.63, 3.8) is 0 Å². The Morgan fingerprint density at radius 2 is 2.11 bits per heavy atom. The predicted molar refractivity (Wildman–Crippen MR) is 115 cm³/mol. The number of nitrogens with one attached hydrogen (secondary N) is 1. The third-order valence-corrected chi connectivity index (χ3v) is 5.61. The zero-order valence-corrected chi connectivity index (χ0v) is 17.3. The summed E-state index contributed by atoms with van der Waals surface area (Å²) in [5, 5.41) is 14.0. The largest absolute Gasteiger partial charge is 0.349 e. The quantitative estimate of drug-likeness (QED) is 0.420. The number of nitriles is 1. The molecule has 0 saturated heterocycles. The minimum absolute atomic E-state index is 0.115. The summed E-state index contributed by atoms with van der Waals surface area (Å²) in [5.41, 5.74) is 2.95. The first-order valence-electron chi connectivity index (χ1n) is 8.99. The molecular weight excluding hydrogens is 438 g/mol. The van der Waals surface area contributed by atoms with E-state index in [0.717, 1.165) is 39.3 Å². The van der Waals surface area contributed by atoms with E-state index >= 15 is 0 Å². The third-order valence-electron chi connectivity index (χ3n) is 4.75. The van der Waals surface area contributed by atoms with Gasteiger partial charge in [0.2, 0.25) is 0 Å². The van der Waals surface area contributed by atoms with Crippen LogP contribution in [0.25, 0.3) is 17.0 Å². The van der Waals surface area contributed by atoms with E-state index in [1.807, 2.05) is 54.7 Å². The van der Waals surface area contributed by atoms with Crippen molar-refractivity contribution in [3.05, 3.63) is 74.9 Å². The number of fused-ring (bicyclic) bond motifs is 1. The van der Waals surface area contributed by atoms with E-state index in [1.54, 1.807) is 6.08 Å². The fraction of sp³-hybridized carbons (Fsp3) is 0.182. The second-order valence-corrected chi connectivity index (χ2v) is 8.21. The number of carbonyl (C=O) groups excluding carboxylic acids is 1. The van der Waals surface area contributed by atoms with Crippen molar-refractivity contribution in [2.75, 3.05) is 0 Å². The maximum atomic E-state index is 12.3. The van der Waals surface area contributed by atoms with Crippen molar-refractivity contribution in [3.8, 4) is 6.07 Å². The van der Waals surface area contributed by atoms with Gasteiger partial charge in [0.05, 0.1) is 0 Å². The minimum atomic E-state index is -0.313. The van der Waals surface area contributed by atoms with Crippen LogP contribution in [0.15, 0.2) is 58.7 Å². The van der Waals surface area contributed by atoms with Crippen molar-refractivity contribution in [1.29, 1.82) is 5.26 Å². The van der Waals surface area contributed by atoms with E-state index in [0.29, 0.717) is 11.6 Å². The van der Waals surface area contributed by atoms with E-state index in [9.17, 15) is 10.1 Å². The number of hydrogen-bond acceptors (Lipinski definition) is 2. The van der Waals surface area contributed by atoms with Crippen molar-refractivity contribution in [2.24, 2.45) is 0 Å². The van der Waals surface area contributed by atoms with Gasteiger partial charge in [-0.05, 0) is 48.7 Å². The summed E-state index contributed by atoms with van der Waals surface area (Å²) in [7, 11) is 0.